The number of hydrogen-bond donors (Lipinski definition) is 14. The van der Waals surface area contributed by atoms with Crippen LogP contribution >= 0.6 is 0 Å². The molecule has 8 aliphatic rings. The van der Waals surface area contributed by atoms with Gasteiger partial charge in [-0.05, 0) is 86.5 Å². The van der Waals surface area contributed by atoms with Crippen molar-refractivity contribution in [3.05, 3.63) is 12.2 Å². The number of carbonyl (C=O) groups excluding carboxylic acids is 1. The standard InChI is InChI=1S/C47H74O25/c1-19-13-46-10-5-24-44(2,8-4-9-45(24,3)43(63)71-41-37(64-12-7-26(52)53)33(60)29(56)22(16-50)67-41)25(46)6-11-47(19,18-46)72-42-38(70-40-35(62)32(59)28(55)21(15-49)66-40)36(30(57)23(17-51)68-42)69-39-34(61)31(58)27(54)20(14-48)65-39/h20-25,27-42,48-51,54-62H,1,4-18H2,2-3H3,(H,52,53)/t20-,21?,22?,23-,24+,25+,27?,28-,29-,30?,31?,32?,33?,34-,35?,36?,37?,38-,39?,40+,41+,42?,44-,45-,46-,47+/m1/s1. The average Bonchev–Trinajstić information content (AvgIpc) is 3.54. The summed E-state index contributed by atoms with van der Waals surface area (Å²) in [6.07, 6.45) is -29.7. The molecule has 14 N–H and O–H groups in total. The van der Waals surface area contributed by atoms with Gasteiger partial charge in [0.15, 0.2) is 18.9 Å². The number of carbonyl (C=O) groups is 2. The van der Waals surface area contributed by atoms with Crippen molar-refractivity contribution in [1.82, 2.24) is 0 Å². The molecule has 1 spiro atoms. The molecule has 12 unspecified atom stereocenters. The smallest absolute Gasteiger partial charge is 0.314 e. The van der Waals surface area contributed by atoms with Crippen molar-refractivity contribution in [2.45, 2.75) is 206 Å². The first-order chi connectivity index (χ1) is 34.0. The van der Waals surface area contributed by atoms with Crippen molar-refractivity contribution in [3.63, 3.8) is 0 Å². The molecule has 0 aromatic rings. The summed E-state index contributed by atoms with van der Waals surface area (Å²) >= 11 is 0. The maximum atomic E-state index is 14.6. The van der Waals surface area contributed by atoms with Gasteiger partial charge in [-0.1, -0.05) is 19.9 Å². The molecule has 26 atom stereocenters. The van der Waals surface area contributed by atoms with E-state index in [9.17, 15) is 81.1 Å². The lowest BCUT2D eigenvalue weighted by atomic mass is 9.41. The van der Waals surface area contributed by atoms with Crippen molar-refractivity contribution in [1.29, 1.82) is 0 Å². The molecule has 0 amide bonds. The van der Waals surface area contributed by atoms with Crippen molar-refractivity contribution in [3.8, 4) is 0 Å². The van der Waals surface area contributed by atoms with Crippen molar-refractivity contribution in [2.75, 3.05) is 33.0 Å². The Bertz CT molecular complexity index is 1910. The minimum absolute atomic E-state index is 0.0105. The van der Waals surface area contributed by atoms with E-state index < -0.39 is 189 Å². The van der Waals surface area contributed by atoms with Crippen LogP contribution in [0.25, 0.3) is 0 Å². The Labute approximate surface area is 414 Å². The number of carboxylic acid groups (broad SMARTS) is 1. The van der Waals surface area contributed by atoms with Gasteiger partial charge < -0.3 is 114 Å². The van der Waals surface area contributed by atoms with Gasteiger partial charge in [-0.2, -0.15) is 0 Å². The zero-order valence-electron chi connectivity index (χ0n) is 40.3. The fourth-order valence-electron chi connectivity index (χ4n) is 13.9. The molecule has 412 valence electrons. The van der Waals surface area contributed by atoms with Crippen molar-refractivity contribution >= 4 is 11.9 Å². The van der Waals surface area contributed by atoms with E-state index in [1.54, 1.807) is 0 Å². The molecular formula is C47H74O25. The predicted molar refractivity (Wildman–Crippen MR) is 235 cm³/mol. The summed E-state index contributed by atoms with van der Waals surface area (Å²) < 4.78 is 54.4. The average molecular weight is 1040 g/mol. The predicted octanol–water partition coefficient (Wildman–Crippen LogP) is -4.61. The van der Waals surface area contributed by atoms with Gasteiger partial charge in [0.1, 0.15) is 97.7 Å². The molecule has 4 aliphatic heterocycles. The van der Waals surface area contributed by atoms with Crippen LogP contribution in [-0.4, -0.2) is 245 Å². The Morgan fingerprint density at radius 1 is 0.597 bits per heavy atom. The lowest BCUT2D eigenvalue weighted by Gasteiger charge is -2.64. The van der Waals surface area contributed by atoms with Crippen LogP contribution in [0.15, 0.2) is 12.2 Å². The van der Waals surface area contributed by atoms with E-state index in [0.29, 0.717) is 56.9 Å². The summed E-state index contributed by atoms with van der Waals surface area (Å²) in [4.78, 5) is 25.9. The largest absolute Gasteiger partial charge is 0.481 e. The molecule has 8 fully saturated rings. The highest BCUT2D eigenvalue weighted by molar-refractivity contribution is 5.77. The molecule has 2 bridgehead atoms. The summed E-state index contributed by atoms with van der Waals surface area (Å²) in [5.74, 6) is -2.07. The van der Waals surface area contributed by atoms with Gasteiger partial charge in [0.25, 0.3) is 0 Å². The zero-order valence-corrected chi connectivity index (χ0v) is 40.3. The Kier molecular flexibility index (Phi) is 16.9. The quantitative estimate of drug-likeness (QED) is 0.0393. The zero-order chi connectivity index (χ0) is 52.4. The molecule has 4 saturated heterocycles. The number of fused-ring (bicyclic) bond motifs is 3. The summed E-state index contributed by atoms with van der Waals surface area (Å²) in [5, 5.41) is 147. The third kappa shape index (κ3) is 9.80. The number of aliphatic hydroxyl groups excluding tert-OH is 13. The van der Waals surface area contributed by atoms with Crippen LogP contribution in [-0.2, 0) is 52.2 Å². The van der Waals surface area contributed by atoms with Crippen LogP contribution in [0.2, 0.25) is 0 Å². The number of aliphatic carboxylic acids is 1. The van der Waals surface area contributed by atoms with Crippen LogP contribution in [0.3, 0.4) is 0 Å². The molecule has 4 heterocycles. The molecular weight excluding hydrogens is 964 g/mol. The molecule has 4 aliphatic carbocycles. The Balaban J connectivity index is 1.05. The second kappa shape index (κ2) is 21.7. The minimum atomic E-state index is -1.97. The summed E-state index contributed by atoms with van der Waals surface area (Å²) in [6, 6.07) is 0. The molecule has 8 rings (SSSR count). The Hall–Kier alpha value is -2.16. The van der Waals surface area contributed by atoms with Crippen molar-refractivity contribution < 1.29 is 124 Å². The molecule has 72 heavy (non-hydrogen) atoms. The second-order valence-electron chi connectivity index (χ2n) is 21.8. The Morgan fingerprint density at radius 3 is 1.68 bits per heavy atom. The topological polar surface area (TPSA) is 400 Å². The number of rotatable bonds is 16. The van der Waals surface area contributed by atoms with Crippen LogP contribution < -0.4 is 0 Å². The summed E-state index contributed by atoms with van der Waals surface area (Å²) in [6.45, 7) is 4.95. The maximum absolute atomic E-state index is 14.6. The normalized spacial score (nSPS) is 51.5. The highest BCUT2D eigenvalue weighted by Crippen LogP contribution is 2.74. The highest BCUT2D eigenvalue weighted by Gasteiger charge is 2.70. The van der Waals surface area contributed by atoms with E-state index in [1.165, 1.54) is 0 Å². The van der Waals surface area contributed by atoms with Gasteiger partial charge >= 0.3 is 11.9 Å². The first-order valence-corrected chi connectivity index (χ1v) is 24.9. The lowest BCUT2D eigenvalue weighted by molar-refractivity contribution is -0.400. The van der Waals surface area contributed by atoms with Crippen LogP contribution in [0.5, 0.6) is 0 Å². The van der Waals surface area contributed by atoms with Gasteiger partial charge in [0.2, 0.25) is 6.29 Å². The molecule has 25 heteroatoms. The Morgan fingerprint density at radius 2 is 1.11 bits per heavy atom. The van der Waals surface area contributed by atoms with Gasteiger partial charge in [0.05, 0.1) is 50.5 Å². The SMILES string of the molecule is C=C1C[C@@]23CC[C@H]4[C@@](C)(CCC[C@@]4(C)C(=O)O[C@@H]4OC(CO)[C@@H](O)C(O)C4OCCC(=O)O)[C@@H]2CC[C@]1(OC1O[C@H](CO)C(O)C(OC2O[C@H](CO)C(O)C(O)[C@H]2O)[C@H]1O[C@@H]1OC(CO)[C@@H](O)C(O)C1O)C3. The second-order valence-corrected chi connectivity index (χ2v) is 21.8. The lowest BCUT2D eigenvalue weighted by Crippen LogP contribution is -2.68. The third-order valence-electron chi connectivity index (χ3n) is 17.7. The van der Waals surface area contributed by atoms with Crippen LogP contribution in [0.4, 0.5) is 0 Å². The summed E-state index contributed by atoms with van der Waals surface area (Å²) in [7, 11) is 0. The third-order valence-corrected chi connectivity index (χ3v) is 17.7. The number of esters is 1. The van der Waals surface area contributed by atoms with Crippen LogP contribution in [0.1, 0.15) is 78.1 Å². The fourth-order valence-corrected chi connectivity index (χ4v) is 13.9. The van der Waals surface area contributed by atoms with E-state index in [-0.39, 0.29) is 18.4 Å². The first-order valence-electron chi connectivity index (χ1n) is 24.9. The number of aliphatic hydroxyl groups is 13. The van der Waals surface area contributed by atoms with Gasteiger partial charge in [0, 0.05) is 0 Å². The number of ether oxygens (including phenoxy) is 9. The van der Waals surface area contributed by atoms with E-state index in [4.69, 9.17) is 42.6 Å². The number of hydrogen-bond acceptors (Lipinski definition) is 24. The molecule has 0 aromatic carbocycles. The number of carboxylic acids is 1. The highest BCUT2D eigenvalue weighted by atomic mass is 16.8. The van der Waals surface area contributed by atoms with E-state index in [0.717, 1.165) is 6.42 Å². The summed E-state index contributed by atoms with van der Waals surface area (Å²) in [5.41, 5.74) is -2.50. The molecule has 25 nitrogen and oxygen atoms in total. The van der Waals surface area contributed by atoms with Crippen LogP contribution in [0, 0.1) is 28.1 Å². The molecule has 4 saturated carbocycles. The van der Waals surface area contributed by atoms with Gasteiger partial charge in [-0.3, -0.25) is 9.59 Å². The minimum Gasteiger partial charge on any atom is -0.481 e. The molecule has 0 aromatic heterocycles. The van der Waals surface area contributed by atoms with Crippen molar-refractivity contribution in [2.24, 2.45) is 28.1 Å². The fraction of sp³-hybridized carbons (Fsp3) is 0.915. The van der Waals surface area contributed by atoms with Gasteiger partial charge in [-0.15, -0.1) is 0 Å². The van der Waals surface area contributed by atoms with E-state index in [1.807, 2.05) is 6.92 Å². The monoisotopic (exact) mass is 1040 g/mol. The van der Waals surface area contributed by atoms with E-state index >= 15 is 0 Å². The first kappa shape index (κ1) is 56.1. The van der Waals surface area contributed by atoms with Gasteiger partial charge in [-0.25, -0.2) is 0 Å². The molecule has 0 radical (unpaired) electrons. The van der Waals surface area contributed by atoms with E-state index in [2.05, 4.69) is 13.5 Å². The maximum Gasteiger partial charge on any atom is 0.314 e.